The minimum Gasteiger partial charge on any atom is -0.478 e. The van der Waals surface area contributed by atoms with Gasteiger partial charge in [-0.1, -0.05) is 13.3 Å². The molecular formula is C14H22N2O4S2. The Kier molecular flexibility index (Phi) is 5.96. The highest BCUT2D eigenvalue weighted by Crippen LogP contribution is 2.22. The molecule has 0 aliphatic carbocycles. The van der Waals surface area contributed by atoms with Gasteiger partial charge in [0.25, 0.3) is 0 Å². The van der Waals surface area contributed by atoms with Crippen LogP contribution in [0.3, 0.4) is 0 Å². The molecule has 2 heterocycles. The lowest BCUT2D eigenvalue weighted by atomic mass is 10.1. The summed E-state index contributed by atoms with van der Waals surface area (Å²) in [5, 5.41) is 10.2. The van der Waals surface area contributed by atoms with Crippen molar-refractivity contribution < 1.29 is 18.3 Å². The normalized spacial score (nSPS) is 17.7. The van der Waals surface area contributed by atoms with Crippen LogP contribution in [-0.2, 0) is 10.0 Å². The molecule has 1 aromatic heterocycles. The number of likely N-dealkylation sites (tertiary alicyclic amines) is 1. The highest BCUT2D eigenvalue weighted by molar-refractivity contribution is 7.91. The van der Waals surface area contributed by atoms with Crippen molar-refractivity contribution in [2.75, 3.05) is 19.6 Å². The van der Waals surface area contributed by atoms with Gasteiger partial charge in [0.1, 0.15) is 4.21 Å². The fourth-order valence-corrected chi connectivity index (χ4v) is 4.98. The van der Waals surface area contributed by atoms with E-state index in [1.165, 1.54) is 17.9 Å². The first kappa shape index (κ1) is 17.4. The van der Waals surface area contributed by atoms with E-state index in [4.69, 9.17) is 5.11 Å². The SMILES string of the molecule is CCCCN1CCC(NS(=O)(=O)c2cc(C(=O)O)cs2)CC1. The molecule has 124 valence electrons. The molecule has 1 saturated heterocycles. The summed E-state index contributed by atoms with van der Waals surface area (Å²) in [5.41, 5.74) is 0.0137. The summed E-state index contributed by atoms with van der Waals surface area (Å²) in [4.78, 5) is 13.2. The summed E-state index contributed by atoms with van der Waals surface area (Å²) in [7, 11) is -3.62. The highest BCUT2D eigenvalue weighted by atomic mass is 32.2. The Balaban J connectivity index is 1.91. The van der Waals surface area contributed by atoms with Crippen molar-refractivity contribution >= 4 is 27.3 Å². The van der Waals surface area contributed by atoms with Crippen molar-refractivity contribution in [2.45, 2.75) is 42.9 Å². The van der Waals surface area contributed by atoms with Crippen molar-refractivity contribution in [3.8, 4) is 0 Å². The first-order valence-electron chi connectivity index (χ1n) is 7.49. The number of piperidine rings is 1. The summed E-state index contributed by atoms with van der Waals surface area (Å²) in [6, 6.07) is 1.14. The summed E-state index contributed by atoms with van der Waals surface area (Å²) in [6.07, 6.45) is 3.92. The number of hydrogen-bond donors (Lipinski definition) is 2. The second kappa shape index (κ2) is 7.54. The summed E-state index contributed by atoms with van der Waals surface area (Å²) < 4.78 is 27.3. The number of nitrogens with one attached hydrogen (secondary N) is 1. The minimum absolute atomic E-state index is 0.0137. The first-order valence-corrected chi connectivity index (χ1v) is 9.85. The van der Waals surface area contributed by atoms with Gasteiger partial charge in [0, 0.05) is 11.4 Å². The average Bonchev–Trinajstić information content (AvgIpc) is 2.97. The molecule has 1 fully saturated rings. The van der Waals surface area contributed by atoms with Crippen molar-refractivity contribution in [2.24, 2.45) is 0 Å². The van der Waals surface area contributed by atoms with Crippen LogP contribution in [0.5, 0.6) is 0 Å². The van der Waals surface area contributed by atoms with E-state index in [1.807, 2.05) is 0 Å². The maximum absolute atomic E-state index is 12.3. The molecule has 0 radical (unpaired) electrons. The standard InChI is InChI=1S/C14H22N2O4S2/c1-2-3-6-16-7-4-12(5-8-16)15-22(19,20)13-9-11(10-21-13)14(17)18/h9-10,12,15H,2-8H2,1H3,(H,17,18). The number of carbonyl (C=O) groups is 1. The molecule has 6 nitrogen and oxygen atoms in total. The van der Waals surface area contributed by atoms with Gasteiger partial charge in [-0.25, -0.2) is 17.9 Å². The monoisotopic (exact) mass is 346 g/mol. The van der Waals surface area contributed by atoms with Crippen molar-refractivity contribution in [3.63, 3.8) is 0 Å². The van der Waals surface area contributed by atoms with Gasteiger partial charge in [0.2, 0.25) is 10.0 Å². The fraction of sp³-hybridized carbons (Fsp3) is 0.643. The lowest BCUT2D eigenvalue weighted by Crippen LogP contribution is -2.44. The number of carboxylic acid groups (broad SMARTS) is 1. The number of carboxylic acids is 1. The molecule has 1 aliphatic heterocycles. The lowest BCUT2D eigenvalue weighted by Gasteiger charge is -2.31. The zero-order valence-corrected chi connectivity index (χ0v) is 14.3. The van der Waals surface area contributed by atoms with Gasteiger partial charge in [-0.3, -0.25) is 0 Å². The van der Waals surface area contributed by atoms with E-state index in [1.54, 1.807) is 0 Å². The van der Waals surface area contributed by atoms with Crippen LogP contribution in [0.2, 0.25) is 0 Å². The first-order chi connectivity index (χ1) is 10.4. The number of nitrogens with zero attached hydrogens (tertiary/aromatic N) is 1. The molecule has 1 aliphatic rings. The van der Waals surface area contributed by atoms with E-state index in [0.29, 0.717) is 0 Å². The Labute approximate surface area is 135 Å². The molecule has 0 aromatic carbocycles. The van der Waals surface area contributed by atoms with Crippen LogP contribution in [-0.4, -0.2) is 50.1 Å². The minimum atomic E-state index is -3.62. The van der Waals surface area contributed by atoms with E-state index in [-0.39, 0.29) is 15.8 Å². The molecule has 0 atom stereocenters. The molecule has 22 heavy (non-hydrogen) atoms. The number of thiophene rings is 1. The highest BCUT2D eigenvalue weighted by Gasteiger charge is 2.26. The van der Waals surface area contributed by atoms with Crippen LogP contribution in [0.1, 0.15) is 43.0 Å². The maximum atomic E-state index is 12.3. The molecule has 2 rings (SSSR count). The predicted octanol–water partition coefficient (Wildman–Crippen LogP) is 1.99. The van der Waals surface area contributed by atoms with Gasteiger partial charge in [-0.15, -0.1) is 11.3 Å². The largest absolute Gasteiger partial charge is 0.478 e. The fourth-order valence-electron chi connectivity index (χ4n) is 2.50. The number of hydrogen-bond acceptors (Lipinski definition) is 5. The van der Waals surface area contributed by atoms with Crippen LogP contribution in [0.25, 0.3) is 0 Å². The second-order valence-corrected chi connectivity index (χ2v) is 8.40. The average molecular weight is 346 g/mol. The molecule has 0 unspecified atom stereocenters. The van der Waals surface area contributed by atoms with E-state index < -0.39 is 16.0 Å². The third-order valence-corrected chi connectivity index (χ3v) is 6.78. The summed E-state index contributed by atoms with van der Waals surface area (Å²) in [6.45, 7) is 5.03. The Bertz CT molecular complexity index is 604. The molecule has 0 saturated carbocycles. The molecule has 0 amide bonds. The Hall–Kier alpha value is -0.960. The predicted molar refractivity (Wildman–Crippen MR) is 86.0 cm³/mol. The van der Waals surface area contributed by atoms with Crippen LogP contribution in [0.15, 0.2) is 15.7 Å². The van der Waals surface area contributed by atoms with E-state index in [0.717, 1.165) is 50.2 Å². The summed E-state index contributed by atoms with van der Waals surface area (Å²) >= 11 is 0.943. The van der Waals surface area contributed by atoms with Crippen molar-refractivity contribution in [3.05, 3.63) is 17.0 Å². The van der Waals surface area contributed by atoms with Gasteiger partial charge >= 0.3 is 5.97 Å². The third kappa shape index (κ3) is 4.52. The molecule has 0 spiro atoms. The van der Waals surface area contributed by atoms with Gasteiger partial charge in [0.05, 0.1) is 5.56 Å². The van der Waals surface area contributed by atoms with Gasteiger partial charge in [-0.2, -0.15) is 0 Å². The quantitative estimate of drug-likeness (QED) is 0.788. The van der Waals surface area contributed by atoms with E-state index in [2.05, 4.69) is 16.5 Å². The Morgan fingerprint density at radius 3 is 2.68 bits per heavy atom. The molecule has 2 N–H and O–H groups in total. The smallest absolute Gasteiger partial charge is 0.336 e. The zero-order valence-electron chi connectivity index (χ0n) is 12.6. The zero-order chi connectivity index (χ0) is 16.2. The maximum Gasteiger partial charge on any atom is 0.336 e. The Morgan fingerprint density at radius 1 is 1.45 bits per heavy atom. The molecule has 8 heteroatoms. The van der Waals surface area contributed by atoms with Gasteiger partial charge in [0.15, 0.2) is 0 Å². The molecule has 1 aromatic rings. The van der Waals surface area contributed by atoms with Crippen LogP contribution >= 0.6 is 11.3 Å². The summed E-state index contributed by atoms with van der Waals surface area (Å²) in [5.74, 6) is -1.11. The number of rotatable bonds is 7. The van der Waals surface area contributed by atoms with Crippen LogP contribution in [0.4, 0.5) is 0 Å². The lowest BCUT2D eigenvalue weighted by molar-refractivity contribution is 0.0697. The van der Waals surface area contributed by atoms with Crippen LogP contribution in [0, 0.1) is 0 Å². The Morgan fingerprint density at radius 2 is 2.14 bits per heavy atom. The number of unbranched alkanes of at least 4 members (excludes halogenated alkanes) is 1. The van der Waals surface area contributed by atoms with E-state index >= 15 is 0 Å². The van der Waals surface area contributed by atoms with Crippen molar-refractivity contribution in [1.29, 1.82) is 0 Å². The topological polar surface area (TPSA) is 86.7 Å². The molecular weight excluding hydrogens is 324 g/mol. The number of aromatic carboxylic acids is 1. The van der Waals surface area contributed by atoms with Crippen molar-refractivity contribution in [1.82, 2.24) is 9.62 Å². The number of sulfonamides is 1. The van der Waals surface area contributed by atoms with E-state index in [9.17, 15) is 13.2 Å². The third-order valence-electron chi connectivity index (χ3n) is 3.82. The van der Waals surface area contributed by atoms with Gasteiger partial charge in [-0.05, 0) is 45.0 Å². The van der Waals surface area contributed by atoms with Gasteiger partial charge < -0.3 is 10.0 Å². The molecule has 0 bridgehead atoms. The second-order valence-electron chi connectivity index (χ2n) is 5.55. The van der Waals surface area contributed by atoms with Crippen LogP contribution < -0.4 is 4.72 Å².